The van der Waals surface area contributed by atoms with Crippen LogP contribution in [0.25, 0.3) is 22.6 Å². The number of oxazole rings is 1. The van der Waals surface area contributed by atoms with Gasteiger partial charge in [0, 0.05) is 38.3 Å². The van der Waals surface area contributed by atoms with E-state index in [0.29, 0.717) is 17.1 Å². The second kappa shape index (κ2) is 8.71. The predicted molar refractivity (Wildman–Crippen MR) is 122 cm³/mol. The number of anilines is 1. The normalized spacial score (nSPS) is 14.6. The molecule has 6 heteroatoms. The van der Waals surface area contributed by atoms with Crippen LogP contribution >= 0.6 is 0 Å². The van der Waals surface area contributed by atoms with Gasteiger partial charge in [0.1, 0.15) is 5.52 Å². The number of hydrogen-bond acceptors (Lipinski definition) is 5. The SMILES string of the molecule is O=C(Nc1ccccc1-c1nc2ccc(CN3CCNCC3)cc2o1)c1ccccc1. The van der Waals surface area contributed by atoms with Crippen LogP contribution in [0.1, 0.15) is 15.9 Å². The van der Waals surface area contributed by atoms with E-state index in [0.717, 1.165) is 49.4 Å². The molecule has 0 atom stereocenters. The summed E-state index contributed by atoms with van der Waals surface area (Å²) < 4.78 is 6.12. The zero-order valence-electron chi connectivity index (χ0n) is 17.2. The van der Waals surface area contributed by atoms with Crippen molar-refractivity contribution in [1.82, 2.24) is 15.2 Å². The maximum Gasteiger partial charge on any atom is 0.255 e. The first-order chi connectivity index (χ1) is 15.3. The largest absolute Gasteiger partial charge is 0.436 e. The zero-order chi connectivity index (χ0) is 21.0. The molecule has 5 rings (SSSR count). The van der Waals surface area contributed by atoms with Gasteiger partial charge in [0.2, 0.25) is 5.89 Å². The molecule has 3 aromatic carbocycles. The van der Waals surface area contributed by atoms with Gasteiger partial charge in [-0.25, -0.2) is 4.98 Å². The van der Waals surface area contributed by atoms with E-state index in [1.54, 1.807) is 12.1 Å². The van der Waals surface area contributed by atoms with Crippen LogP contribution in [0.2, 0.25) is 0 Å². The molecule has 0 unspecified atom stereocenters. The van der Waals surface area contributed by atoms with E-state index < -0.39 is 0 Å². The molecule has 0 saturated carbocycles. The maximum atomic E-state index is 12.6. The van der Waals surface area contributed by atoms with E-state index in [4.69, 9.17) is 4.42 Å². The van der Waals surface area contributed by atoms with E-state index >= 15 is 0 Å². The van der Waals surface area contributed by atoms with Gasteiger partial charge >= 0.3 is 0 Å². The average Bonchev–Trinajstić information content (AvgIpc) is 3.24. The smallest absolute Gasteiger partial charge is 0.255 e. The summed E-state index contributed by atoms with van der Waals surface area (Å²) >= 11 is 0. The fourth-order valence-corrected chi connectivity index (χ4v) is 3.87. The Morgan fingerprint density at radius 1 is 1.00 bits per heavy atom. The Morgan fingerprint density at radius 2 is 1.77 bits per heavy atom. The molecule has 1 aliphatic heterocycles. The number of fused-ring (bicyclic) bond motifs is 1. The van der Waals surface area contributed by atoms with Crippen LogP contribution in [-0.2, 0) is 6.54 Å². The van der Waals surface area contributed by atoms with Crippen molar-refractivity contribution in [2.45, 2.75) is 6.54 Å². The number of para-hydroxylation sites is 1. The van der Waals surface area contributed by atoms with E-state index in [9.17, 15) is 4.79 Å². The number of nitrogens with zero attached hydrogens (tertiary/aromatic N) is 2. The lowest BCUT2D eigenvalue weighted by atomic mass is 10.1. The van der Waals surface area contributed by atoms with Crippen LogP contribution in [0.3, 0.4) is 0 Å². The molecule has 0 aliphatic carbocycles. The minimum absolute atomic E-state index is 0.164. The van der Waals surface area contributed by atoms with Crippen LogP contribution in [0, 0.1) is 0 Å². The lowest BCUT2D eigenvalue weighted by Gasteiger charge is -2.27. The maximum absolute atomic E-state index is 12.6. The number of benzene rings is 3. The van der Waals surface area contributed by atoms with Crippen LogP contribution in [-0.4, -0.2) is 42.0 Å². The van der Waals surface area contributed by atoms with E-state index in [-0.39, 0.29) is 5.91 Å². The highest BCUT2D eigenvalue weighted by molar-refractivity contribution is 6.06. The Labute approximate surface area is 180 Å². The molecular weight excluding hydrogens is 388 g/mol. The predicted octanol–water partition coefficient (Wildman–Crippen LogP) is 4.15. The second-order valence-corrected chi connectivity index (χ2v) is 7.71. The van der Waals surface area contributed by atoms with Crippen LogP contribution in [0.15, 0.2) is 77.2 Å². The standard InChI is InChI=1S/C25H24N4O2/c30-24(19-6-2-1-3-7-19)27-21-9-5-4-8-20(21)25-28-22-11-10-18(16-23(22)31-25)17-29-14-12-26-13-15-29/h1-11,16,26H,12-15,17H2,(H,27,30). The van der Waals surface area contributed by atoms with Crippen molar-refractivity contribution < 1.29 is 9.21 Å². The van der Waals surface area contributed by atoms with Crippen molar-refractivity contribution in [2.75, 3.05) is 31.5 Å². The molecule has 1 amide bonds. The summed E-state index contributed by atoms with van der Waals surface area (Å²) in [5.41, 5.74) is 4.81. The molecule has 0 bridgehead atoms. The van der Waals surface area contributed by atoms with Gasteiger partial charge < -0.3 is 15.1 Å². The average molecular weight is 412 g/mol. The van der Waals surface area contributed by atoms with Gasteiger partial charge in [-0.05, 0) is 42.0 Å². The summed E-state index contributed by atoms with van der Waals surface area (Å²) in [7, 11) is 0. The minimum Gasteiger partial charge on any atom is -0.436 e. The van der Waals surface area contributed by atoms with Crippen molar-refractivity contribution in [3.8, 4) is 11.5 Å². The summed E-state index contributed by atoms with van der Waals surface area (Å²) in [4.78, 5) is 19.7. The fourth-order valence-electron chi connectivity index (χ4n) is 3.87. The lowest BCUT2D eigenvalue weighted by molar-refractivity contribution is 0.102. The van der Waals surface area contributed by atoms with Gasteiger partial charge in [0.05, 0.1) is 11.3 Å². The fraction of sp³-hybridized carbons (Fsp3) is 0.200. The van der Waals surface area contributed by atoms with Crippen molar-refractivity contribution in [2.24, 2.45) is 0 Å². The molecule has 31 heavy (non-hydrogen) atoms. The molecule has 2 N–H and O–H groups in total. The number of carbonyl (C=O) groups is 1. The molecule has 1 saturated heterocycles. The Hall–Kier alpha value is -3.48. The summed E-state index contributed by atoms with van der Waals surface area (Å²) in [5, 5.41) is 6.36. The molecule has 1 aliphatic rings. The highest BCUT2D eigenvalue weighted by atomic mass is 16.3. The minimum atomic E-state index is -0.164. The zero-order valence-corrected chi connectivity index (χ0v) is 17.2. The Bertz CT molecular complexity index is 1200. The molecule has 0 spiro atoms. The first-order valence-corrected chi connectivity index (χ1v) is 10.5. The third-order valence-electron chi connectivity index (χ3n) is 5.51. The number of rotatable bonds is 5. The first kappa shape index (κ1) is 19.5. The van der Waals surface area contributed by atoms with Crippen LogP contribution in [0.5, 0.6) is 0 Å². The molecule has 1 fully saturated rings. The summed E-state index contributed by atoms with van der Waals surface area (Å²) in [6.07, 6.45) is 0. The lowest BCUT2D eigenvalue weighted by Crippen LogP contribution is -2.42. The number of nitrogens with one attached hydrogen (secondary N) is 2. The van der Waals surface area contributed by atoms with Crippen molar-refractivity contribution >= 4 is 22.7 Å². The summed E-state index contributed by atoms with van der Waals surface area (Å²) in [6, 6.07) is 22.9. The van der Waals surface area contributed by atoms with Crippen molar-refractivity contribution in [3.63, 3.8) is 0 Å². The molecular formula is C25H24N4O2. The monoisotopic (exact) mass is 412 g/mol. The second-order valence-electron chi connectivity index (χ2n) is 7.71. The Kier molecular flexibility index (Phi) is 5.48. The van der Waals surface area contributed by atoms with Gasteiger partial charge in [0.25, 0.3) is 5.91 Å². The van der Waals surface area contributed by atoms with Crippen LogP contribution < -0.4 is 10.6 Å². The van der Waals surface area contributed by atoms with E-state index in [2.05, 4.69) is 32.7 Å². The summed E-state index contributed by atoms with van der Waals surface area (Å²) in [5.74, 6) is 0.334. The van der Waals surface area contributed by atoms with E-state index in [1.165, 1.54) is 5.56 Å². The highest BCUT2D eigenvalue weighted by Crippen LogP contribution is 2.31. The number of aromatic nitrogens is 1. The number of piperazine rings is 1. The summed E-state index contributed by atoms with van der Waals surface area (Å²) in [6.45, 7) is 5.06. The molecule has 156 valence electrons. The van der Waals surface area contributed by atoms with Gasteiger partial charge in [0.15, 0.2) is 5.58 Å². The number of carbonyl (C=O) groups excluding carboxylic acids is 1. The molecule has 2 heterocycles. The molecule has 0 radical (unpaired) electrons. The molecule has 6 nitrogen and oxygen atoms in total. The third-order valence-corrected chi connectivity index (χ3v) is 5.51. The van der Waals surface area contributed by atoms with Gasteiger partial charge in [-0.1, -0.05) is 36.4 Å². The van der Waals surface area contributed by atoms with Gasteiger partial charge in [-0.15, -0.1) is 0 Å². The Morgan fingerprint density at radius 3 is 2.61 bits per heavy atom. The Balaban J connectivity index is 1.41. The highest BCUT2D eigenvalue weighted by Gasteiger charge is 2.16. The van der Waals surface area contributed by atoms with Crippen LogP contribution in [0.4, 0.5) is 5.69 Å². The quantitative estimate of drug-likeness (QED) is 0.515. The topological polar surface area (TPSA) is 70.4 Å². The van der Waals surface area contributed by atoms with E-state index in [1.807, 2.05) is 48.5 Å². The van der Waals surface area contributed by atoms with Crippen molar-refractivity contribution in [3.05, 3.63) is 83.9 Å². The molecule has 1 aromatic heterocycles. The van der Waals surface area contributed by atoms with Gasteiger partial charge in [-0.3, -0.25) is 9.69 Å². The van der Waals surface area contributed by atoms with Gasteiger partial charge in [-0.2, -0.15) is 0 Å². The number of amides is 1. The third kappa shape index (κ3) is 4.35. The number of hydrogen-bond donors (Lipinski definition) is 2. The van der Waals surface area contributed by atoms with Crippen molar-refractivity contribution in [1.29, 1.82) is 0 Å². The first-order valence-electron chi connectivity index (χ1n) is 10.5. The molecule has 4 aromatic rings.